The van der Waals surface area contributed by atoms with Gasteiger partial charge in [0.25, 0.3) is 0 Å². The van der Waals surface area contributed by atoms with Gasteiger partial charge < -0.3 is 15.0 Å². The van der Waals surface area contributed by atoms with Crippen molar-refractivity contribution in [3.05, 3.63) is 77.6 Å². The van der Waals surface area contributed by atoms with Crippen molar-refractivity contribution in [3.8, 4) is 0 Å². The van der Waals surface area contributed by atoms with Crippen LogP contribution in [0.15, 0.2) is 82.5 Å². The number of hydrogen-bond acceptors (Lipinski definition) is 5. The van der Waals surface area contributed by atoms with Crippen LogP contribution >= 0.6 is 0 Å². The number of nitrogens with zero attached hydrogens (tertiary/aromatic N) is 1. The monoisotopic (exact) mass is 535 g/mol. The molecule has 0 amide bonds. The molecule has 38 heavy (non-hydrogen) atoms. The normalized spacial score (nSPS) is 21.3. The summed E-state index contributed by atoms with van der Waals surface area (Å²) in [5, 5.41) is 5.48. The summed E-state index contributed by atoms with van der Waals surface area (Å²) in [5.74, 6) is 2.35. The van der Waals surface area contributed by atoms with Crippen molar-refractivity contribution in [2.45, 2.75) is 43.4 Å². The zero-order chi connectivity index (χ0) is 26.4. The van der Waals surface area contributed by atoms with Crippen LogP contribution in [0, 0.1) is 11.8 Å². The third kappa shape index (κ3) is 6.75. The Bertz CT molecular complexity index is 1300. The van der Waals surface area contributed by atoms with E-state index in [1.165, 1.54) is 18.4 Å². The van der Waals surface area contributed by atoms with Crippen LogP contribution in [-0.2, 0) is 14.8 Å². The lowest BCUT2D eigenvalue weighted by Crippen LogP contribution is -2.41. The van der Waals surface area contributed by atoms with Crippen molar-refractivity contribution < 1.29 is 13.2 Å². The van der Waals surface area contributed by atoms with Crippen LogP contribution in [0.5, 0.6) is 0 Å². The fraction of sp³-hybridized carbons (Fsp3) is 0.484. The highest BCUT2D eigenvalue weighted by Crippen LogP contribution is 2.34. The van der Waals surface area contributed by atoms with Gasteiger partial charge in [-0.25, -0.2) is 13.1 Å². The zero-order valence-corrected chi connectivity index (χ0v) is 23.3. The van der Waals surface area contributed by atoms with E-state index >= 15 is 0 Å². The average molecular weight is 536 g/mol. The summed E-state index contributed by atoms with van der Waals surface area (Å²) in [4.78, 5) is 2.74. The molecule has 1 heterocycles. The van der Waals surface area contributed by atoms with E-state index in [4.69, 9.17) is 4.74 Å². The smallest absolute Gasteiger partial charge is 0.241 e. The van der Waals surface area contributed by atoms with Crippen molar-refractivity contribution in [1.29, 1.82) is 0 Å². The topological polar surface area (TPSA) is 70.7 Å². The Morgan fingerprint density at radius 1 is 1.00 bits per heavy atom. The highest BCUT2D eigenvalue weighted by molar-refractivity contribution is 7.89. The molecule has 204 valence electrons. The SMILES string of the molecule is COC1=CC2=C(CC=C1)CCC(CNCC1CCN(CCNS(=O)(=O)c3cccc4ccccc34)CC1)C2. The van der Waals surface area contributed by atoms with Gasteiger partial charge in [-0.05, 0) is 106 Å². The lowest BCUT2D eigenvalue weighted by atomic mass is 9.82. The lowest BCUT2D eigenvalue weighted by Gasteiger charge is -2.32. The van der Waals surface area contributed by atoms with E-state index in [1.54, 1.807) is 24.8 Å². The number of hydrogen-bond donors (Lipinski definition) is 2. The second-order valence-corrected chi connectivity index (χ2v) is 12.6. The van der Waals surface area contributed by atoms with E-state index < -0.39 is 10.0 Å². The molecule has 1 atom stereocenters. The molecule has 6 nitrogen and oxygen atoms in total. The van der Waals surface area contributed by atoms with Crippen molar-refractivity contribution in [2.75, 3.05) is 46.4 Å². The van der Waals surface area contributed by atoms with Gasteiger partial charge in [0.2, 0.25) is 10.0 Å². The third-order valence-corrected chi connectivity index (χ3v) is 9.87. The second kappa shape index (κ2) is 12.6. The number of benzene rings is 2. The molecule has 1 aliphatic heterocycles. The summed E-state index contributed by atoms with van der Waals surface area (Å²) in [6.45, 7) is 5.39. The molecule has 3 aliphatic rings. The lowest BCUT2D eigenvalue weighted by molar-refractivity contribution is 0.184. The Balaban J connectivity index is 1.01. The molecule has 1 unspecified atom stereocenters. The van der Waals surface area contributed by atoms with Crippen LogP contribution in [-0.4, -0.2) is 59.7 Å². The first-order valence-corrected chi connectivity index (χ1v) is 15.5. The Kier molecular flexibility index (Phi) is 9.00. The highest BCUT2D eigenvalue weighted by Gasteiger charge is 2.23. The average Bonchev–Trinajstić information content (AvgIpc) is 3.15. The third-order valence-electron chi connectivity index (χ3n) is 8.35. The van der Waals surface area contributed by atoms with Crippen LogP contribution in [0.1, 0.15) is 38.5 Å². The summed E-state index contributed by atoms with van der Waals surface area (Å²) >= 11 is 0. The van der Waals surface area contributed by atoms with Crippen molar-refractivity contribution in [2.24, 2.45) is 11.8 Å². The quantitative estimate of drug-likeness (QED) is 0.448. The van der Waals surface area contributed by atoms with Crippen LogP contribution in [0.3, 0.4) is 0 Å². The molecule has 0 aromatic heterocycles. The molecule has 2 N–H and O–H groups in total. The number of piperidine rings is 1. The number of rotatable bonds is 10. The van der Waals surface area contributed by atoms with Crippen molar-refractivity contribution >= 4 is 20.8 Å². The van der Waals surface area contributed by atoms with E-state index in [1.807, 2.05) is 30.3 Å². The highest BCUT2D eigenvalue weighted by atomic mass is 32.2. The predicted octanol–water partition coefficient (Wildman–Crippen LogP) is 5.01. The minimum absolute atomic E-state index is 0.358. The Hall–Kier alpha value is -2.45. The van der Waals surface area contributed by atoms with Crippen LogP contribution < -0.4 is 10.0 Å². The molecule has 0 radical (unpaired) electrons. The number of nitrogens with one attached hydrogen (secondary N) is 2. The van der Waals surface area contributed by atoms with Gasteiger partial charge >= 0.3 is 0 Å². The maximum atomic E-state index is 13.0. The number of fused-ring (bicyclic) bond motifs is 1. The van der Waals surface area contributed by atoms with E-state index in [-0.39, 0.29) is 0 Å². The van der Waals surface area contributed by atoms with Gasteiger partial charge in [-0.1, -0.05) is 48.0 Å². The Morgan fingerprint density at radius 3 is 2.63 bits per heavy atom. The van der Waals surface area contributed by atoms with Gasteiger partial charge in [0.1, 0.15) is 5.76 Å². The van der Waals surface area contributed by atoms with Crippen LogP contribution in [0.4, 0.5) is 0 Å². The maximum Gasteiger partial charge on any atom is 0.241 e. The van der Waals surface area contributed by atoms with E-state index in [9.17, 15) is 8.42 Å². The van der Waals surface area contributed by atoms with E-state index in [0.29, 0.717) is 23.3 Å². The van der Waals surface area contributed by atoms with Crippen LogP contribution in [0.2, 0.25) is 0 Å². The number of sulfonamides is 1. The Labute approximate surface area is 227 Å². The number of ether oxygens (including phenoxy) is 1. The van der Waals surface area contributed by atoms with E-state index in [2.05, 4.69) is 33.2 Å². The molecular formula is C31H41N3O3S. The molecular weight excluding hydrogens is 494 g/mol. The first kappa shape index (κ1) is 27.1. The molecule has 0 bridgehead atoms. The molecule has 5 rings (SSSR count). The molecule has 7 heteroatoms. The van der Waals surface area contributed by atoms with E-state index in [0.717, 1.165) is 74.9 Å². The first-order valence-electron chi connectivity index (χ1n) is 14.1. The largest absolute Gasteiger partial charge is 0.497 e. The van der Waals surface area contributed by atoms with Gasteiger partial charge in [0.15, 0.2) is 0 Å². The summed E-state index contributed by atoms with van der Waals surface area (Å²) in [7, 11) is -1.79. The molecule has 1 fully saturated rings. The molecule has 0 saturated carbocycles. The second-order valence-electron chi connectivity index (χ2n) is 10.9. The molecule has 2 aliphatic carbocycles. The molecule has 0 spiro atoms. The molecule has 2 aromatic rings. The fourth-order valence-corrected chi connectivity index (χ4v) is 7.33. The standard InChI is InChI=1S/C31H41N3O3S/c1-37-29-9-4-7-26-13-12-25(20-28(26)21-29)23-32-22-24-14-17-34(18-15-24)19-16-33-38(35,36)31-11-5-8-27-6-2-3-10-30(27)31/h2-6,8-11,21,24-25,32-33H,7,12-20,22-23H2,1H3. The number of allylic oxidation sites excluding steroid dienone is 5. The van der Waals surface area contributed by atoms with Crippen molar-refractivity contribution in [3.63, 3.8) is 0 Å². The number of methoxy groups -OCH3 is 1. The minimum Gasteiger partial charge on any atom is -0.497 e. The van der Waals surface area contributed by atoms with Gasteiger partial charge in [-0.15, -0.1) is 0 Å². The summed E-state index contributed by atoms with van der Waals surface area (Å²) in [6, 6.07) is 13.1. The zero-order valence-electron chi connectivity index (χ0n) is 22.5. The summed E-state index contributed by atoms with van der Waals surface area (Å²) in [6.07, 6.45) is 13.5. The van der Waals surface area contributed by atoms with Gasteiger partial charge in [-0.3, -0.25) is 0 Å². The first-order chi connectivity index (χ1) is 18.5. The summed E-state index contributed by atoms with van der Waals surface area (Å²) in [5.41, 5.74) is 3.06. The minimum atomic E-state index is -3.54. The van der Waals surface area contributed by atoms with Crippen molar-refractivity contribution in [1.82, 2.24) is 14.9 Å². The van der Waals surface area contributed by atoms with Gasteiger partial charge in [0, 0.05) is 18.5 Å². The summed E-state index contributed by atoms with van der Waals surface area (Å²) < 4.78 is 34.2. The molecule has 2 aromatic carbocycles. The maximum absolute atomic E-state index is 13.0. The number of likely N-dealkylation sites (tertiary alicyclic amines) is 1. The van der Waals surface area contributed by atoms with Gasteiger partial charge in [0.05, 0.1) is 12.0 Å². The fourth-order valence-electron chi connectivity index (χ4n) is 6.08. The van der Waals surface area contributed by atoms with Gasteiger partial charge in [-0.2, -0.15) is 0 Å². The molecule has 1 saturated heterocycles. The predicted molar refractivity (Wildman–Crippen MR) is 154 cm³/mol. The van der Waals surface area contributed by atoms with Crippen LogP contribution in [0.25, 0.3) is 10.8 Å². The Morgan fingerprint density at radius 2 is 1.79 bits per heavy atom.